The second kappa shape index (κ2) is 5.84. The van der Waals surface area contributed by atoms with Crippen molar-refractivity contribution in [3.05, 3.63) is 54.1 Å². The van der Waals surface area contributed by atoms with Crippen LogP contribution in [0.1, 0.15) is 5.56 Å². The van der Waals surface area contributed by atoms with Gasteiger partial charge in [-0.2, -0.15) is 0 Å². The van der Waals surface area contributed by atoms with Gasteiger partial charge in [0.25, 0.3) is 0 Å². The van der Waals surface area contributed by atoms with Crippen LogP contribution < -0.4 is 9.47 Å². The van der Waals surface area contributed by atoms with Gasteiger partial charge in [-0.25, -0.2) is 0 Å². The first-order chi connectivity index (χ1) is 9.81. The zero-order chi connectivity index (χ0) is 13.8. The van der Waals surface area contributed by atoms with Crippen LogP contribution in [0.4, 0.5) is 0 Å². The summed E-state index contributed by atoms with van der Waals surface area (Å²) in [6.45, 7) is 1.45. The fraction of sp³-hybridized carbons (Fsp3) is 0.250. The summed E-state index contributed by atoms with van der Waals surface area (Å²) >= 11 is 0. The van der Waals surface area contributed by atoms with E-state index < -0.39 is 0 Å². The standard InChI is InChI=1S/C16H16O4/c17-13-6-7-15-16(8-13)19-11-14(20-15)10-18-9-12-4-2-1-3-5-12/h1-8,14,17H,9-11H2/t14-/m0/s1. The predicted octanol–water partition coefficient (Wildman–Crippen LogP) is 2.75. The first kappa shape index (κ1) is 12.8. The summed E-state index contributed by atoms with van der Waals surface area (Å²) in [5.74, 6) is 1.39. The minimum absolute atomic E-state index is 0.129. The monoisotopic (exact) mass is 272 g/mol. The molecule has 0 saturated heterocycles. The highest BCUT2D eigenvalue weighted by Crippen LogP contribution is 2.34. The highest BCUT2D eigenvalue weighted by molar-refractivity contribution is 5.45. The lowest BCUT2D eigenvalue weighted by atomic mass is 10.2. The Kier molecular flexibility index (Phi) is 3.74. The van der Waals surface area contributed by atoms with Crippen LogP contribution in [0.15, 0.2) is 48.5 Å². The van der Waals surface area contributed by atoms with E-state index in [1.165, 1.54) is 0 Å². The molecule has 0 aliphatic carbocycles. The maximum Gasteiger partial charge on any atom is 0.165 e. The van der Waals surface area contributed by atoms with Crippen molar-refractivity contribution in [3.8, 4) is 17.2 Å². The largest absolute Gasteiger partial charge is 0.508 e. The summed E-state index contributed by atoms with van der Waals surface area (Å²) in [5.41, 5.74) is 1.13. The zero-order valence-corrected chi connectivity index (χ0v) is 11.0. The minimum Gasteiger partial charge on any atom is -0.508 e. The molecule has 0 saturated carbocycles. The van der Waals surface area contributed by atoms with Crippen LogP contribution in [0.2, 0.25) is 0 Å². The van der Waals surface area contributed by atoms with Crippen molar-refractivity contribution < 1.29 is 19.3 Å². The third kappa shape index (κ3) is 3.03. The Morgan fingerprint density at radius 3 is 2.80 bits per heavy atom. The summed E-state index contributed by atoms with van der Waals surface area (Å²) in [4.78, 5) is 0. The first-order valence-corrected chi connectivity index (χ1v) is 6.55. The van der Waals surface area contributed by atoms with Crippen molar-refractivity contribution >= 4 is 0 Å². The van der Waals surface area contributed by atoms with Crippen molar-refractivity contribution in [1.82, 2.24) is 0 Å². The number of benzene rings is 2. The Morgan fingerprint density at radius 1 is 1.10 bits per heavy atom. The van der Waals surface area contributed by atoms with Gasteiger partial charge < -0.3 is 19.3 Å². The Labute approximate surface area is 117 Å². The number of fused-ring (bicyclic) bond motifs is 1. The van der Waals surface area contributed by atoms with Crippen molar-refractivity contribution in [2.75, 3.05) is 13.2 Å². The molecular weight excluding hydrogens is 256 g/mol. The lowest BCUT2D eigenvalue weighted by molar-refractivity contribution is 0.00261. The van der Waals surface area contributed by atoms with Crippen molar-refractivity contribution in [3.63, 3.8) is 0 Å². The van der Waals surface area contributed by atoms with Gasteiger partial charge in [0.2, 0.25) is 0 Å². The van der Waals surface area contributed by atoms with Crippen LogP contribution in [0.25, 0.3) is 0 Å². The topological polar surface area (TPSA) is 47.9 Å². The molecule has 1 aliphatic rings. The predicted molar refractivity (Wildman–Crippen MR) is 74.1 cm³/mol. The van der Waals surface area contributed by atoms with Gasteiger partial charge in [-0.15, -0.1) is 0 Å². The highest BCUT2D eigenvalue weighted by atomic mass is 16.6. The van der Waals surface area contributed by atoms with Gasteiger partial charge in [-0.1, -0.05) is 30.3 Å². The molecule has 0 fully saturated rings. The molecule has 104 valence electrons. The molecule has 4 heteroatoms. The molecule has 1 heterocycles. The molecule has 1 aliphatic heterocycles. The molecule has 0 unspecified atom stereocenters. The SMILES string of the molecule is Oc1ccc2c(c1)OC[C@H](COCc1ccccc1)O2. The molecule has 0 radical (unpaired) electrons. The van der Waals surface area contributed by atoms with Crippen LogP contribution in [0.3, 0.4) is 0 Å². The van der Waals surface area contributed by atoms with E-state index >= 15 is 0 Å². The second-order valence-corrected chi connectivity index (χ2v) is 4.68. The Balaban J connectivity index is 1.52. The molecule has 0 aromatic heterocycles. The van der Waals surface area contributed by atoms with E-state index in [2.05, 4.69) is 0 Å². The Hall–Kier alpha value is -2.20. The third-order valence-electron chi connectivity index (χ3n) is 3.06. The zero-order valence-electron chi connectivity index (χ0n) is 11.0. The summed E-state index contributed by atoms with van der Waals surface area (Å²) in [6.07, 6.45) is -0.129. The van der Waals surface area contributed by atoms with Crippen molar-refractivity contribution in [2.45, 2.75) is 12.7 Å². The quantitative estimate of drug-likeness (QED) is 0.929. The lowest BCUT2D eigenvalue weighted by Gasteiger charge is -2.26. The number of phenols is 1. The Morgan fingerprint density at radius 2 is 1.95 bits per heavy atom. The van der Waals surface area contributed by atoms with E-state index in [-0.39, 0.29) is 11.9 Å². The summed E-state index contributed by atoms with van der Waals surface area (Å²) in [6, 6.07) is 14.8. The van der Waals surface area contributed by atoms with Crippen LogP contribution in [-0.2, 0) is 11.3 Å². The number of phenolic OH excluding ortho intramolecular Hbond substituents is 1. The van der Waals surface area contributed by atoms with Crippen LogP contribution in [0, 0.1) is 0 Å². The van der Waals surface area contributed by atoms with E-state index in [1.807, 2.05) is 30.3 Å². The average Bonchev–Trinajstić information content (AvgIpc) is 2.48. The lowest BCUT2D eigenvalue weighted by Crippen LogP contribution is -2.33. The van der Waals surface area contributed by atoms with Crippen LogP contribution >= 0.6 is 0 Å². The van der Waals surface area contributed by atoms with Crippen LogP contribution in [0.5, 0.6) is 17.2 Å². The molecule has 2 aromatic carbocycles. The molecule has 0 spiro atoms. The molecule has 3 rings (SSSR count). The van der Waals surface area contributed by atoms with Crippen molar-refractivity contribution in [2.24, 2.45) is 0 Å². The van der Waals surface area contributed by atoms with E-state index in [1.54, 1.807) is 18.2 Å². The fourth-order valence-corrected chi connectivity index (χ4v) is 2.07. The smallest absolute Gasteiger partial charge is 0.165 e. The molecule has 2 aromatic rings. The van der Waals surface area contributed by atoms with Crippen LogP contribution in [-0.4, -0.2) is 24.4 Å². The van der Waals surface area contributed by atoms with Gasteiger partial charge in [0.15, 0.2) is 17.6 Å². The summed E-state index contributed by atoms with van der Waals surface area (Å²) in [7, 11) is 0. The molecule has 0 bridgehead atoms. The van der Waals surface area contributed by atoms with Gasteiger partial charge in [0.1, 0.15) is 12.4 Å². The normalized spacial score (nSPS) is 16.9. The number of aromatic hydroxyl groups is 1. The Bertz CT molecular complexity index is 568. The number of hydrogen-bond acceptors (Lipinski definition) is 4. The minimum atomic E-state index is -0.129. The average molecular weight is 272 g/mol. The van der Waals surface area contributed by atoms with Gasteiger partial charge >= 0.3 is 0 Å². The number of ether oxygens (including phenoxy) is 3. The summed E-state index contributed by atoms with van der Waals surface area (Å²) < 4.78 is 17.0. The van der Waals surface area contributed by atoms with E-state index in [0.29, 0.717) is 31.3 Å². The molecule has 0 amide bonds. The van der Waals surface area contributed by atoms with Gasteiger partial charge in [0, 0.05) is 6.07 Å². The molecule has 4 nitrogen and oxygen atoms in total. The third-order valence-corrected chi connectivity index (χ3v) is 3.06. The van der Waals surface area contributed by atoms with Crippen molar-refractivity contribution in [1.29, 1.82) is 0 Å². The van der Waals surface area contributed by atoms with E-state index in [0.717, 1.165) is 5.56 Å². The summed E-state index contributed by atoms with van der Waals surface area (Å²) in [5, 5.41) is 9.36. The molecule has 1 N–H and O–H groups in total. The number of rotatable bonds is 4. The maximum absolute atomic E-state index is 9.36. The molecular formula is C16H16O4. The fourth-order valence-electron chi connectivity index (χ4n) is 2.07. The number of hydrogen-bond donors (Lipinski definition) is 1. The second-order valence-electron chi connectivity index (χ2n) is 4.68. The van der Waals surface area contributed by atoms with E-state index in [9.17, 15) is 5.11 Å². The highest BCUT2D eigenvalue weighted by Gasteiger charge is 2.21. The molecule has 1 atom stereocenters. The van der Waals surface area contributed by atoms with E-state index in [4.69, 9.17) is 14.2 Å². The molecule has 20 heavy (non-hydrogen) atoms. The van der Waals surface area contributed by atoms with Gasteiger partial charge in [-0.3, -0.25) is 0 Å². The van der Waals surface area contributed by atoms with Gasteiger partial charge in [-0.05, 0) is 17.7 Å². The van der Waals surface area contributed by atoms with Gasteiger partial charge in [0.05, 0.1) is 13.2 Å². The first-order valence-electron chi connectivity index (χ1n) is 6.55. The maximum atomic E-state index is 9.36.